The van der Waals surface area contributed by atoms with Gasteiger partial charge in [-0.25, -0.2) is 14.2 Å². The molecule has 23 heavy (non-hydrogen) atoms. The van der Waals surface area contributed by atoms with Crippen molar-refractivity contribution in [3.8, 4) is 0 Å². The van der Waals surface area contributed by atoms with Crippen molar-refractivity contribution in [2.24, 2.45) is 0 Å². The van der Waals surface area contributed by atoms with E-state index in [0.717, 1.165) is 5.39 Å². The first-order chi connectivity index (χ1) is 11.2. The van der Waals surface area contributed by atoms with E-state index in [0.29, 0.717) is 27.4 Å². The van der Waals surface area contributed by atoms with E-state index < -0.39 is 11.4 Å². The molecule has 5 nitrogen and oxygen atoms in total. The number of aromatic nitrogens is 2. The van der Waals surface area contributed by atoms with Gasteiger partial charge in [-0.05, 0) is 30.3 Å². The second kappa shape index (κ2) is 4.95. The number of hydrogen-bond donors (Lipinski definition) is 1. The number of H-pyrrole nitrogens is 1. The van der Waals surface area contributed by atoms with Gasteiger partial charge in [0.15, 0.2) is 0 Å². The van der Waals surface area contributed by atoms with Gasteiger partial charge in [0.2, 0.25) is 5.71 Å². The average Bonchev–Trinajstić information content (AvgIpc) is 2.92. The lowest BCUT2D eigenvalue weighted by Crippen LogP contribution is -1.99. The van der Waals surface area contributed by atoms with Crippen molar-refractivity contribution < 1.29 is 13.5 Å². The molecule has 0 amide bonds. The third-order valence-corrected chi connectivity index (χ3v) is 3.73. The van der Waals surface area contributed by atoms with Gasteiger partial charge < -0.3 is 14.1 Å². The smallest absolute Gasteiger partial charge is 0.362 e. The van der Waals surface area contributed by atoms with Crippen molar-refractivity contribution in [2.75, 3.05) is 7.11 Å². The van der Waals surface area contributed by atoms with Crippen molar-refractivity contribution in [1.29, 1.82) is 0 Å². The molecule has 0 aliphatic rings. The number of nitrogens with one attached hydrogen (secondary N) is 1. The fourth-order valence-electron chi connectivity index (χ4n) is 2.74. The van der Waals surface area contributed by atoms with Gasteiger partial charge in [0, 0.05) is 33.4 Å². The zero-order valence-electron chi connectivity index (χ0n) is 12.1. The Hall–Kier alpha value is -3.15. The van der Waals surface area contributed by atoms with Gasteiger partial charge in [0.05, 0.1) is 13.4 Å². The summed E-state index contributed by atoms with van der Waals surface area (Å²) in [6, 6.07) is 6.60. The second-order valence-corrected chi connectivity index (χ2v) is 5.08. The Morgan fingerprint density at radius 1 is 1.35 bits per heavy atom. The van der Waals surface area contributed by atoms with Crippen LogP contribution in [0.15, 0.2) is 45.9 Å². The first-order valence-electron chi connectivity index (χ1n) is 6.91. The topological polar surface area (TPSA) is 68.1 Å². The standard InChI is InChI=1S/C17H11FN2O3/c1-22-6-4-9-7-11-13(8-12(9)18)20-15-14(11)10-3-2-5-19-16(10)23-17(15)21/h2-8,20H,1H3/b6-4-. The van der Waals surface area contributed by atoms with Crippen LogP contribution in [0.1, 0.15) is 5.56 Å². The van der Waals surface area contributed by atoms with E-state index in [4.69, 9.17) is 9.15 Å². The zero-order valence-corrected chi connectivity index (χ0v) is 12.1. The Morgan fingerprint density at radius 2 is 2.22 bits per heavy atom. The number of fused-ring (bicyclic) bond motifs is 5. The van der Waals surface area contributed by atoms with E-state index in [1.807, 2.05) is 6.07 Å². The molecule has 0 saturated carbocycles. The molecule has 3 heterocycles. The third kappa shape index (κ3) is 1.99. The number of pyridine rings is 1. The minimum Gasteiger partial charge on any atom is -0.504 e. The van der Waals surface area contributed by atoms with Crippen molar-refractivity contribution in [2.45, 2.75) is 0 Å². The summed E-state index contributed by atoms with van der Waals surface area (Å²) in [4.78, 5) is 19.2. The van der Waals surface area contributed by atoms with Crippen LogP contribution < -0.4 is 5.63 Å². The molecule has 0 unspecified atom stereocenters. The van der Waals surface area contributed by atoms with E-state index in [1.165, 1.54) is 25.5 Å². The van der Waals surface area contributed by atoms with Gasteiger partial charge in [0.1, 0.15) is 11.3 Å². The Kier molecular flexibility index (Phi) is 2.90. The molecule has 6 heteroatoms. The molecular formula is C17H11FN2O3. The molecule has 4 rings (SSSR count). The average molecular weight is 310 g/mol. The maximum Gasteiger partial charge on any atom is 0.362 e. The predicted octanol–water partition coefficient (Wildman–Crippen LogP) is 3.58. The summed E-state index contributed by atoms with van der Waals surface area (Å²) in [5, 5.41) is 2.09. The highest BCUT2D eigenvalue weighted by Crippen LogP contribution is 2.31. The van der Waals surface area contributed by atoms with Crippen LogP contribution in [0.4, 0.5) is 4.39 Å². The van der Waals surface area contributed by atoms with Gasteiger partial charge in [0.25, 0.3) is 0 Å². The molecule has 3 aromatic heterocycles. The van der Waals surface area contributed by atoms with E-state index in [-0.39, 0.29) is 5.71 Å². The normalized spacial score (nSPS) is 11.9. The highest BCUT2D eigenvalue weighted by Gasteiger charge is 2.15. The Balaban J connectivity index is 2.20. The van der Waals surface area contributed by atoms with Crippen LogP contribution in [-0.2, 0) is 4.74 Å². The maximum absolute atomic E-state index is 14.1. The first kappa shape index (κ1) is 13.5. The molecule has 0 spiro atoms. The van der Waals surface area contributed by atoms with E-state index >= 15 is 0 Å². The summed E-state index contributed by atoms with van der Waals surface area (Å²) in [5.41, 5.74) is 0.912. The van der Waals surface area contributed by atoms with Crippen molar-refractivity contribution in [3.05, 3.63) is 58.5 Å². The molecule has 0 bridgehead atoms. The highest BCUT2D eigenvalue weighted by atomic mass is 19.1. The number of halogens is 1. The lowest BCUT2D eigenvalue weighted by molar-refractivity contribution is 0.341. The SMILES string of the molecule is CO/C=C\c1cc2c(cc1F)[nH]c1c(=O)oc3ncccc3c12. The van der Waals surface area contributed by atoms with Crippen molar-refractivity contribution in [1.82, 2.24) is 9.97 Å². The van der Waals surface area contributed by atoms with Crippen molar-refractivity contribution in [3.63, 3.8) is 0 Å². The molecule has 0 radical (unpaired) electrons. The van der Waals surface area contributed by atoms with Gasteiger partial charge >= 0.3 is 5.63 Å². The van der Waals surface area contributed by atoms with E-state index in [2.05, 4.69) is 9.97 Å². The zero-order chi connectivity index (χ0) is 16.0. The molecule has 0 saturated heterocycles. The summed E-state index contributed by atoms with van der Waals surface area (Å²) >= 11 is 0. The molecule has 0 fully saturated rings. The summed E-state index contributed by atoms with van der Waals surface area (Å²) in [6.07, 6.45) is 4.48. The van der Waals surface area contributed by atoms with Crippen LogP contribution in [0.2, 0.25) is 0 Å². The Morgan fingerprint density at radius 3 is 3.04 bits per heavy atom. The minimum absolute atomic E-state index is 0.254. The van der Waals surface area contributed by atoms with Crippen LogP contribution in [0, 0.1) is 5.82 Å². The molecular weight excluding hydrogens is 299 g/mol. The van der Waals surface area contributed by atoms with Crippen LogP contribution in [-0.4, -0.2) is 17.1 Å². The maximum atomic E-state index is 14.1. The van der Waals surface area contributed by atoms with Crippen LogP contribution in [0.5, 0.6) is 0 Å². The summed E-state index contributed by atoms with van der Waals surface area (Å²) in [6.45, 7) is 0. The highest BCUT2D eigenvalue weighted by molar-refractivity contribution is 6.18. The number of nitrogens with zero attached hydrogens (tertiary/aromatic N) is 1. The number of methoxy groups -OCH3 is 1. The summed E-state index contributed by atoms with van der Waals surface area (Å²) < 4.78 is 24.2. The Labute approximate surface area is 129 Å². The summed E-state index contributed by atoms with van der Waals surface area (Å²) in [5.74, 6) is -0.413. The first-order valence-corrected chi connectivity index (χ1v) is 6.91. The monoisotopic (exact) mass is 310 g/mol. The molecule has 0 atom stereocenters. The molecule has 1 aromatic carbocycles. The van der Waals surface area contributed by atoms with E-state index in [9.17, 15) is 9.18 Å². The molecule has 4 aromatic rings. The fourth-order valence-corrected chi connectivity index (χ4v) is 2.74. The molecule has 0 aliphatic carbocycles. The van der Waals surface area contributed by atoms with E-state index in [1.54, 1.807) is 18.3 Å². The second-order valence-electron chi connectivity index (χ2n) is 5.08. The number of hydrogen-bond acceptors (Lipinski definition) is 4. The molecule has 114 valence electrons. The number of benzene rings is 1. The van der Waals surface area contributed by atoms with Gasteiger partial charge in [-0.1, -0.05) is 0 Å². The van der Waals surface area contributed by atoms with Crippen LogP contribution >= 0.6 is 0 Å². The minimum atomic E-state index is -0.531. The van der Waals surface area contributed by atoms with Gasteiger partial charge in [-0.2, -0.15) is 0 Å². The molecule has 0 aliphatic heterocycles. The predicted molar refractivity (Wildman–Crippen MR) is 85.6 cm³/mol. The number of rotatable bonds is 2. The third-order valence-electron chi connectivity index (χ3n) is 3.73. The van der Waals surface area contributed by atoms with Crippen LogP contribution in [0.25, 0.3) is 39.0 Å². The quantitative estimate of drug-likeness (QED) is 0.575. The summed E-state index contributed by atoms with van der Waals surface area (Å²) in [7, 11) is 1.49. The fraction of sp³-hybridized carbons (Fsp3) is 0.0588. The van der Waals surface area contributed by atoms with Crippen LogP contribution in [0.3, 0.4) is 0 Å². The Bertz CT molecular complexity index is 1140. The van der Waals surface area contributed by atoms with Crippen molar-refractivity contribution >= 4 is 39.0 Å². The van der Waals surface area contributed by atoms with Gasteiger partial charge in [-0.15, -0.1) is 0 Å². The lowest BCUT2D eigenvalue weighted by Gasteiger charge is -2.00. The lowest BCUT2D eigenvalue weighted by atomic mass is 10.1. The number of aromatic amines is 1. The van der Waals surface area contributed by atoms with Gasteiger partial charge in [-0.3, -0.25) is 0 Å². The largest absolute Gasteiger partial charge is 0.504 e. The number of ether oxygens (including phenoxy) is 1. The molecule has 1 N–H and O–H groups in total.